The molecule has 0 saturated heterocycles. The number of hydrogen-bond acceptors (Lipinski definition) is 2. The van der Waals surface area contributed by atoms with Gasteiger partial charge < -0.3 is 10.1 Å². The Bertz CT molecular complexity index is 345. The molecular formula is C17H29NO. The van der Waals surface area contributed by atoms with Gasteiger partial charge in [-0.15, -0.1) is 0 Å². The second kappa shape index (κ2) is 8.98. The summed E-state index contributed by atoms with van der Waals surface area (Å²) in [5, 5.41) is 3.52. The molecule has 0 aromatic heterocycles. The fourth-order valence-corrected chi connectivity index (χ4v) is 2.85. The second-order valence-electron chi connectivity index (χ2n) is 5.29. The van der Waals surface area contributed by atoms with Gasteiger partial charge in [-0.2, -0.15) is 0 Å². The maximum absolute atomic E-state index is 5.31. The van der Waals surface area contributed by atoms with Gasteiger partial charge in [0.1, 0.15) is 5.75 Å². The first-order valence-electron chi connectivity index (χ1n) is 7.55. The second-order valence-corrected chi connectivity index (χ2v) is 5.29. The van der Waals surface area contributed by atoms with Crippen molar-refractivity contribution in [3.63, 3.8) is 0 Å². The molecule has 108 valence electrons. The summed E-state index contributed by atoms with van der Waals surface area (Å²) < 4.78 is 5.31. The zero-order valence-electron chi connectivity index (χ0n) is 12.9. The molecule has 0 spiro atoms. The molecule has 0 aliphatic carbocycles. The van der Waals surface area contributed by atoms with Crippen molar-refractivity contribution in [1.29, 1.82) is 0 Å². The van der Waals surface area contributed by atoms with Crippen molar-refractivity contribution in [3.8, 4) is 5.75 Å². The van der Waals surface area contributed by atoms with Crippen molar-refractivity contribution >= 4 is 0 Å². The van der Waals surface area contributed by atoms with Crippen LogP contribution in [0.25, 0.3) is 0 Å². The molecule has 0 aliphatic heterocycles. The topological polar surface area (TPSA) is 21.3 Å². The number of methoxy groups -OCH3 is 1. The normalized spacial score (nSPS) is 12.7. The molecule has 0 amide bonds. The minimum atomic E-state index is 0.562. The predicted octanol–water partition coefficient (Wildman–Crippen LogP) is 4.04. The summed E-state index contributed by atoms with van der Waals surface area (Å²) in [5.41, 5.74) is 1.36. The number of rotatable bonds is 9. The van der Waals surface area contributed by atoms with Crippen molar-refractivity contribution in [2.45, 2.75) is 52.0 Å². The van der Waals surface area contributed by atoms with Gasteiger partial charge in [-0.3, -0.25) is 0 Å². The summed E-state index contributed by atoms with van der Waals surface area (Å²) in [6.45, 7) is 4.56. The number of benzene rings is 1. The minimum absolute atomic E-state index is 0.562. The lowest BCUT2D eigenvalue weighted by atomic mass is 9.87. The number of ether oxygens (including phenoxy) is 1. The Morgan fingerprint density at radius 2 is 1.84 bits per heavy atom. The molecule has 1 N–H and O–H groups in total. The average molecular weight is 263 g/mol. The van der Waals surface area contributed by atoms with E-state index < -0.39 is 0 Å². The van der Waals surface area contributed by atoms with E-state index in [9.17, 15) is 0 Å². The fourth-order valence-electron chi connectivity index (χ4n) is 2.85. The van der Waals surface area contributed by atoms with E-state index in [-0.39, 0.29) is 0 Å². The van der Waals surface area contributed by atoms with Gasteiger partial charge in [-0.25, -0.2) is 0 Å². The zero-order chi connectivity index (χ0) is 14.1. The Morgan fingerprint density at radius 1 is 1.16 bits per heavy atom. The summed E-state index contributed by atoms with van der Waals surface area (Å²) in [5.74, 6) is 1.72. The predicted molar refractivity (Wildman–Crippen MR) is 82.9 cm³/mol. The van der Waals surface area contributed by atoms with Crippen LogP contribution in [0.3, 0.4) is 0 Å². The van der Waals surface area contributed by atoms with Crippen molar-refractivity contribution in [2.75, 3.05) is 14.2 Å². The average Bonchev–Trinajstić information content (AvgIpc) is 2.45. The first-order valence-corrected chi connectivity index (χ1v) is 7.55. The minimum Gasteiger partial charge on any atom is -0.497 e. The third kappa shape index (κ3) is 5.23. The zero-order valence-corrected chi connectivity index (χ0v) is 12.9. The summed E-state index contributed by atoms with van der Waals surface area (Å²) in [6, 6.07) is 9.00. The SMILES string of the molecule is CCCC(CCC)C(Cc1cccc(OC)c1)NC. The highest BCUT2D eigenvalue weighted by Crippen LogP contribution is 2.22. The van der Waals surface area contributed by atoms with E-state index in [4.69, 9.17) is 4.74 Å². The Labute approximate surface area is 118 Å². The van der Waals surface area contributed by atoms with Gasteiger partial charge in [0.05, 0.1) is 7.11 Å². The Balaban J connectivity index is 2.72. The largest absolute Gasteiger partial charge is 0.497 e. The molecule has 2 nitrogen and oxygen atoms in total. The molecule has 1 atom stereocenters. The van der Waals surface area contributed by atoms with Crippen molar-refractivity contribution in [3.05, 3.63) is 29.8 Å². The van der Waals surface area contributed by atoms with Crippen LogP contribution in [0.5, 0.6) is 5.75 Å². The molecule has 0 bridgehead atoms. The molecule has 1 aromatic carbocycles. The van der Waals surface area contributed by atoms with Crippen LogP contribution in [0.4, 0.5) is 0 Å². The Morgan fingerprint density at radius 3 is 2.37 bits per heavy atom. The van der Waals surface area contributed by atoms with Gasteiger partial charge in [0.25, 0.3) is 0 Å². The number of nitrogens with one attached hydrogen (secondary N) is 1. The van der Waals surface area contributed by atoms with Crippen LogP contribution < -0.4 is 10.1 Å². The third-order valence-electron chi connectivity index (χ3n) is 3.85. The summed E-state index contributed by atoms with van der Waals surface area (Å²) in [6.07, 6.45) is 6.23. The highest BCUT2D eigenvalue weighted by Gasteiger charge is 2.19. The molecule has 0 saturated carbocycles. The number of hydrogen-bond donors (Lipinski definition) is 1. The molecule has 0 radical (unpaired) electrons. The van der Waals surface area contributed by atoms with Crippen LogP contribution in [-0.4, -0.2) is 20.2 Å². The highest BCUT2D eigenvalue weighted by atomic mass is 16.5. The van der Waals surface area contributed by atoms with E-state index in [0.29, 0.717) is 6.04 Å². The Kier molecular flexibility index (Phi) is 7.57. The molecule has 19 heavy (non-hydrogen) atoms. The summed E-state index contributed by atoms with van der Waals surface area (Å²) in [7, 11) is 3.81. The molecule has 1 rings (SSSR count). The standard InChI is InChI=1S/C17H29NO/c1-5-8-15(9-6-2)17(18-3)13-14-10-7-11-16(12-14)19-4/h7,10-12,15,17-18H,5-6,8-9,13H2,1-4H3. The van der Waals surface area contributed by atoms with Crippen molar-refractivity contribution in [1.82, 2.24) is 5.32 Å². The lowest BCUT2D eigenvalue weighted by Gasteiger charge is -2.26. The van der Waals surface area contributed by atoms with Gasteiger partial charge in [-0.05, 0) is 49.9 Å². The van der Waals surface area contributed by atoms with E-state index in [0.717, 1.165) is 18.1 Å². The molecule has 1 aromatic rings. The van der Waals surface area contributed by atoms with Gasteiger partial charge in [0.15, 0.2) is 0 Å². The summed E-state index contributed by atoms with van der Waals surface area (Å²) in [4.78, 5) is 0. The van der Waals surface area contributed by atoms with E-state index in [1.54, 1.807) is 7.11 Å². The smallest absolute Gasteiger partial charge is 0.119 e. The molecule has 0 fully saturated rings. The van der Waals surface area contributed by atoms with Crippen LogP contribution in [-0.2, 0) is 6.42 Å². The maximum atomic E-state index is 5.31. The van der Waals surface area contributed by atoms with E-state index >= 15 is 0 Å². The molecule has 1 unspecified atom stereocenters. The van der Waals surface area contributed by atoms with Gasteiger partial charge in [0.2, 0.25) is 0 Å². The van der Waals surface area contributed by atoms with Crippen molar-refractivity contribution in [2.24, 2.45) is 5.92 Å². The van der Waals surface area contributed by atoms with Gasteiger partial charge >= 0.3 is 0 Å². The summed E-state index contributed by atoms with van der Waals surface area (Å²) >= 11 is 0. The van der Waals surface area contributed by atoms with Crippen LogP contribution in [0.1, 0.15) is 45.1 Å². The highest BCUT2D eigenvalue weighted by molar-refractivity contribution is 5.29. The Hall–Kier alpha value is -1.02. The van der Waals surface area contributed by atoms with E-state index in [1.165, 1.54) is 31.2 Å². The van der Waals surface area contributed by atoms with Crippen LogP contribution >= 0.6 is 0 Å². The fraction of sp³-hybridized carbons (Fsp3) is 0.647. The molecule has 0 heterocycles. The van der Waals surface area contributed by atoms with Crippen molar-refractivity contribution < 1.29 is 4.74 Å². The van der Waals surface area contributed by atoms with E-state index in [1.807, 2.05) is 6.07 Å². The van der Waals surface area contributed by atoms with E-state index in [2.05, 4.69) is 44.4 Å². The first kappa shape index (κ1) is 16.0. The molecular weight excluding hydrogens is 234 g/mol. The lowest BCUT2D eigenvalue weighted by molar-refractivity contribution is 0.322. The van der Waals surface area contributed by atoms with Crippen LogP contribution in [0, 0.1) is 5.92 Å². The first-order chi connectivity index (χ1) is 9.24. The maximum Gasteiger partial charge on any atom is 0.119 e. The van der Waals surface area contributed by atoms with Crippen LogP contribution in [0.15, 0.2) is 24.3 Å². The van der Waals surface area contributed by atoms with Gasteiger partial charge in [-0.1, -0.05) is 38.8 Å². The van der Waals surface area contributed by atoms with Crippen LogP contribution in [0.2, 0.25) is 0 Å². The molecule has 0 aliphatic rings. The molecule has 2 heteroatoms. The number of likely N-dealkylation sites (N-methyl/N-ethyl adjacent to an activating group) is 1. The quantitative estimate of drug-likeness (QED) is 0.726. The monoisotopic (exact) mass is 263 g/mol. The van der Waals surface area contributed by atoms with Gasteiger partial charge in [0, 0.05) is 6.04 Å². The lowest BCUT2D eigenvalue weighted by Crippen LogP contribution is -2.35. The third-order valence-corrected chi connectivity index (χ3v) is 3.85.